The van der Waals surface area contributed by atoms with Gasteiger partial charge < -0.3 is 15.6 Å². The van der Waals surface area contributed by atoms with Crippen molar-refractivity contribution in [3.05, 3.63) is 35.9 Å². The van der Waals surface area contributed by atoms with Crippen LogP contribution in [-0.2, 0) is 5.60 Å². The minimum atomic E-state index is -1.07. The van der Waals surface area contributed by atoms with E-state index in [1.54, 1.807) is 0 Å². The van der Waals surface area contributed by atoms with E-state index in [4.69, 9.17) is 5.10 Å². The summed E-state index contributed by atoms with van der Waals surface area (Å²) in [5.41, 5.74) is 3.32. The van der Waals surface area contributed by atoms with Crippen LogP contribution in [0.4, 0.5) is 0 Å². The molecule has 0 aromatic heterocycles. The molecule has 4 saturated carbocycles. The van der Waals surface area contributed by atoms with Crippen LogP contribution in [0.15, 0.2) is 35.4 Å². The van der Waals surface area contributed by atoms with E-state index in [1.807, 2.05) is 30.3 Å². The lowest BCUT2D eigenvalue weighted by Gasteiger charge is -2.66. The van der Waals surface area contributed by atoms with Crippen LogP contribution in [-0.4, -0.2) is 28.1 Å². The summed E-state index contributed by atoms with van der Waals surface area (Å²) < 4.78 is 0. The van der Waals surface area contributed by atoms with Gasteiger partial charge in [-0.15, -0.1) is 0 Å². The highest BCUT2D eigenvalue weighted by Gasteiger charge is 2.71. The van der Waals surface area contributed by atoms with Gasteiger partial charge in [0.1, 0.15) is 5.60 Å². The molecule has 210 valence electrons. The first-order valence-electron chi connectivity index (χ1n) is 15.8. The van der Waals surface area contributed by atoms with Crippen molar-refractivity contribution in [2.24, 2.45) is 57.4 Å². The van der Waals surface area contributed by atoms with Gasteiger partial charge in [0.25, 0.3) is 0 Å². The van der Waals surface area contributed by atoms with Crippen molar-refractivity contribution in [3.8, 4) is 0 Å². The third-order valence-electron chi connectivity index (χ3n) is 13.0. The monoisotopic (exact) mass is 520 g/mol. The molecule has 4 aliphatic carbocycles. The van der Waals surface area contributed by atoms with Crippen LogP contribution in [0.3, 0.4) is 0 Å². The molecule has 4 heteroatoms. The number of hydrazone groups is 1. The van der Waals surface area contributed by atoms with Crippen LogP contribution < -0.4 is 5.43 Å². The van der Waals surface area contributed by atoms with Gasteiger partial charge in [-0.2, -0.15) is 5.10 Å². The number of rotatable bonds is 6. The van der Waals surface area contributed by atoms with E-state index in [2.05, 4.69) is 40.0 Å². The molecule has 1 aromatic rings. The summed E-state index contributed by atoms with van der Waals surface area (Å²) in [7, 11) is 0. The van der Waals surface area contributed by atoms with Gasteiger partial charge in [0.15, 0.2) is 0 Å². The van der Waals surface area contributed by atoms with Gasteiger partial charge in [-0.1, -0.05) is 84.2 Å². The average Bonchev–Trinajstić information content (AvgIpc) is 3.51. The highest BCUT2D eigenvalue weighted by molar-refractivity contribution is 5.98. The first-order valence-corrected chi connectivity index (χ1v) is 15.8. The summed E-state index contributed by atoms with van der Waals surface area (Å²) in [6.45, 7) is 13.1. The molecule has 0 radical (unpaired) electrons. The van der Waals surface area contributed by atoms with Gasteiger partial charge in [0, 0.05) is 24.3 Å². The van der Waals surface area contributed by atoms with Crippen LogP contribution in [0.25, 0.3) is 0 Å². The van der Waals surface area contributed by atoms with Gasteiger partial charge in [0.05, 0.1) is 11.3 Å². The van der Waals surface area contributed by atoms with Crippen LogP contribution in [0.2, 0.25) is 0 Å². The molecule has 0 saturated heterocycles. The van der Waals surface area contributed by atoms with E-state index in [0.717, 1.165) is 42.0 Å². The summed E-state index contributed by atoms with van der Waals surface area (Å²) in [5, 5.41) is 29.5. The standard InChI is InChI=1S/C34H52N2O2/c1-22(2)10-9-11-23(3)26-14-15-27-29-25-20-35-36-30(25)34(38)21-33(37,24-12-7-6-8-13-24)19-18-32(34,5)28(29)16-17-31(26,27)4/h6-8,12-13,22-23,25-29,35,37-38H,9-11,14-21H2,1-5H3/t23-,25?,26-,27?,28+,29+,31-,32-,33+,34+/m1/s1. The molecule has 5 aliphatic rings. The van der Waals surface area contributed by atoms with Gasteiger partial charge in [-0.25, -0.2) is 0 Å². The Morgan fingerprint density at radius 2 is 1.71 bits per heavy atom. The highest BCUT2D eigenvalue weighted by Crippen LogP contribution is 2.71. The molecular formula is C34H52N2O2. The molecule has 4 fully saturated rings. The fourth-order valence-corrected chi connectivity index (χ4v) is 10.9. The molecule has 10 atom stereocenters. The number of hydrogen-bond acceptors (Lipinski definition) is 4. The van der Waals surface area contributed by atoms with Crippen molar-refractivity contribution < 1.29 is 10.2 Å². The fraction of sp³-hybridized carbons (Fsp3) is 0.794. The molecule has 3 N–H and O–H groups in total. The fourth-order valence-electron chi connectivity index (χ4n) is 10.9. The average molecular weight is 521 g/mol. The smallest absolute Gasteiger partial charge is 0.113 e. The van der Waals surface area contributed by atoms with E-state index < -0.39 is 11.2 Å². The zero-order chi connectivity index (χ0) is 26.9. The number of benzene rings is 1. The molecule has 0 spiro atoms. The Morgan fingerprint density at radius 3 is 2.45 bits per heavy atom. The van der Waals surface area contributed by atoms with E-state index >= 15 is 0 Å². The predicted octanol–water partition coefficient (Wildman–Crippen LogP) is 6.91. The molecule has 0 amide bonds. The van der Waals surface area contributed by atoms with Crippen LogP contribution in [0, 0.1) is 52.3 Å². The van der Waals surface area contributed by atoms with E-state index in [0.29, 0.717) is 36.0 Å². The number of aliphatic hydroxyl groups is 2. The third kappa shape index (κ3) is 3.79. The van der Waals surface area contributed by atoms with Crippen LogP contribution >= 0.6 is 0 Å². The minimum Gasteiger partial charge on any atom is -0.385 e. The summed E-state index contributed by atoms with van der Waals surface area (Å²) >= 11 is 0. The minimum absolute atomic E-state index is 0.248. The lowest BCUT2D eigenvalue weighted by atomic mass is 9.39. The van der Waals surface area contributed by atoms with Gasteiger partial charge in [0.2, 0.25) is 0 Å². The molecule has 1 heterocycles. The Kier molecular flexibility index (Phi) is 6.58. The Bertz CT molecular complexity index is 1060. The lowest BCUT2D eigenvalue weighted by Crippen LogP contribution is -2.70. The molecule has 0 bridgehead atoms. The molecule has 2 unspecified atom stereocenters. The zero-order valence-corrected chi connectivity index (χ0v) is 24.5. The molecule has 1 aromatic carbocycles. The second kappa shape index (κ2) is 9.33. The number of hydrogen-bond donors (Lipinski definition) is 3. The Morgan fingerprint density at radius 1 is 0.947 bits per heavy atom. The predicted molar refractivity (Wildman–Crippen MR) is 155 cm³/mol. The van der Waals surface area contributed by atoms with E-state index in [1.165, 1.54) is 44.9 Å². The Labute approximate surface area is 231 Å². The van der Waals surface area contributed by atoms with Crippen LogP contribution in [0.1, 0.15) is 104 Å². The first-order chi connectivity index (χ1) is 18.0. The maximum absolute atomic E-state index is 12.7. The van der Waals surface area contributed by atoms with Crippen molar-refractivity contribution in [1.82, 2.24) is 5.43 Å². The molecule has 38 heavy (non-hydrogen) atoms. The zero-order valence-electron chi connectivity index (χ0n) is 24.5. The van der Waals surface area contributed by atoms with Gasteiger partial charge in [-0.05, 0) is 85.0 Å². The van der Waals surface area contributed by atoms with E-state index in [-0.39, 0.29) is 11.3 Å². The van der Waals surface area contributed by atoms with Crippen LogP contribution in [0.5, 0.6) is 0 Å². The number of nitrogens with zero attached hydrogens (tertiary/aromatic N) is 1. The second-order valence-corrected chi connectivity index (χ2v) is 15.1. The van der Waals surface area contributed by atoms with Gasteiger partial charge in [-0.3, -0.25) is 0 Å². The second-order valence-electron chi connectivity index (χ2n) is 15.1. The third-order valence-corrected chi connectivity index (χ3v) is 13.0. The van der Waals surface area contributed by atoms with Crippen molar-refractivity contribution in [2.75, 3.05) is 6.54 Å². The molecule has 6 rings (SSSR count). The van der Waals surface area contributed by atoms with Crippen molar-refractivity contribution in [3.63, 3.8) is 0 Å². The maximum atomic E-state index is 12.7. The summed E-state index contributed by atoms with van der Waals surface area (Å²) in [5.74, 6) is 4.49. The SMILES string of the molecule is CC(C)CCC[C@@H](C)[C@H]1CCC2[C@@H]3C4CNN=C4[C@@]4(O)C[C@](O)(c5ccccc5)CC[C@]4(C)[C@H]3CC[C@@]21C. The molecule has 4 nitrogen and oxygen atoms in total. The largest absolute Gasteiger partial charge is 0.385 e. The normalized spacial score (nSPS) is 46.4. The molecular weight excluding hydrogens is 468 g/mol. The highest BCUT2D eigenvalue weighted by atomic mass is 16.3. The van der Waals surface area contributed by atoms with Crippen molar-refractivity contribution in [1.29, 1.82) is 0 Å². The molecule has 1 aliphatic heterocycles. The van der Waals surface area contributed by atoms with Crippen molar-refractivity contribution >= 4 is 5.71 Å². The topological polar surface area (TPSA) is 64.9 Å². The van der Waals surface area contributed by atoms with Crippen molar-refractivity contribution in [2.45, 2.75) is 110 Å². The Balaban J connectivity index is 1.30. The lowest BCUT2D eigenvalue weighted by molar-refractivity contribution is -0.202. The van der Waals surface area contributed by atoms with Gasteiger partial charge >= 0.3 is 0 Å². The Hall–Kier alpha value is -1.39. The summed E-state index contributed by atoms with van der Waals surface area (Å²) in [4.78, 5) is 0. The number of fused-ring (bicyclic) bond motifs is 8. The first kappa shape index (κ1) is 26.8. The maximum Gasteiger partial charge on any atom is 0.113 e. The summed E-state index contributed by atoms with van der Waals surface area (Å²) in [6, 6.07) is 10.1. The number of nitrogens with one attached hydrogen (secondary N) is 1. The summed E-state index contributed by atoms with van der Waals surface area (Å²) in [6.07, 6.45) is 11.2. The van der Waals surface area contributed by atoms with E-state index in [9.17, 15) is 10.2 Å². The quantitative estimate of drug-likeness (QED) is 0.382.